The van der Waals surface area contributed by atoms with Crippen molar-refractivity contribution in [3.63, 3.8) is 0 Å². The fourth-order valence-corrected chi connectivity index (χ4v) is 1.49. The molecule has 1 rings (SSSR count). The first-order valence-electron chi connectivity index (χ1n) is 3.20. The number of nitriles is 1. The Bertz CT molecular complexity index is 373. The molecule has 3 nitrogen and oxygen atoms in total. The average molecular weight is 295 g/mol. The molecule has 0 atom stereocenters. The summed E-state index contributed by atoms with van der Waals surface area (Å²) in [6, 6.07) is 1.64. The molecule has 13 heavy (non-hydrogen) atoms. The van der Waals surface area contributed by atoms with Gasteiger partial charge in [0.15, 0.2) is 5.69 Å². The molecule has 2 N–H and O–H groups in total. The van der Waals surface area contributed by atoms with E-state index in [1.54, 1.807) is 28.7 Å². The molecule has 0 amide bonds. The Hall–Kier alpha value is -0.970. The van der Waals surface area contributed by atoms with Crippen molar-refractivity contribution in [1.82, 2.24) is 4.98 Å². The molecule has 0 radical (unpaired) electrons. The SMILES string of the molecule is N#Cc1ncc(I)c(C(F)F)c1N. The second-order valence-corrected chi connectivity index (χ2v) is 3.36. The maximum absolute atomic E-state index is 12.4. The highest BCUT2D eigenvalue weighted by atomic mass is 127. The van der Waals surface area contributed by atoms with Gasteiger partial charge in [-0.2, -0.15) is 5.26 Å². The summed E-state index contributed by atoms with van der Waals surface area (Å²) in [7, 11) is 0. The number of hydrogen-bond donors (Lipinski definition) is 1. The van der Waals surface area contributed by atoms with Gasteiger partial charge in [-0.25, -0.2) is 13.8 Å². The first kappa shape index (κ1) is 10.1. The number of rotatable bonds is 1. The topological polar surface area (TPSA) is 62.7 Å². The molecule has 0 aliphatic heterocycles. The average Bonchev–Trinajstić information content (AvgIpc) is 2.04. The van der Waals surface area contributed by atoms with Crippen LogP contribution in [0.1, 0.15) is 17.7 Å². The number of anilines is 1. The second-order valence-electron chi connectivity index (χ2n) is 2.19. The van der Waals surface area contributed by atoms with Gasteiger partial charge in [-0.15, -0.1) is 0 Å². The van der Waals surface area contributed by atoms with E-state index < -0.39 is 6.43 Å². The summed E-state index contributed by atoms with van der Waals surface area (Å²) in [6.07, 6.45) is -1.47. The second kappa shape index (κ2) is 3.83. The number of hydrogen-bond acceptors (Lipinski definition) is 3. The van der Waals surface area contributed by atoms with E-state index in [1.165, 1.54) is 6.20 Å². The summed E-state index contributed by atoms with van der Waals surface area (Å²) in [6.45, 7) is 0. The van der Waals surface area contributed by atoms with Gasteiger partial charge in [-0.3, -0.25) is 0 Å². The fraction of sp³-hybridized carbons (Fsp3) is 0.143. The number of halogens is 3. The standard InChI is InChI=1S/C7H4F2IN3/c8-7(9)5-3(10)2-13-4(1-11)6(5)12/h2,7H,12H2. The highest BCUT2D eigenvalue weighted by molar-refractivity contribution is 14.1. The molecule has 0 aliphatic rings. The smallest absolute Gasteiger partial charge is 0.267 e. The molecule has 0 spiro atoms. The summed E-state index contributed by atoms with van der Waals surface area (Å²) >= 11 is 1.70. The van der Waals surface area contributed by atoms with Crippen LogP contribution < -0.4 is 5.73 Å². The fourth-order valence-electron chi connectivity index (χ4n) is 0.827. The maximum Gasteiger partial charge on any atom is 0.267 e. The lowest BCUT2D eigenvalue weighted by atomic mass is 10.2. The Morgan fingerprint density at radius 1 is 1.62 bits per heavy atom. The van der Waals surface area contributed by atoms with Crippen molar-refractivity contribution in [2.75, 3.05) is 5.73 Å². The molecular weight excluding hydrogens is 291 g/mol. The molecule has 0 unspecified atom stereocenters. The molecule has 1 aromatic rings. The van der Waals surface area contributed by atoms with Crippen LogP contribution in [-0.4, -0.2) is 4.98 Å². The summed E-state index contributed by atoms with van der Waals surface area (Å²) in [5.74, 6) is 0. The Morgan fingerprint density at radius 3 is 2.69 bits per heavy atom. The third-order valence-electron chi connectivity index (χ3n) is 1.43. The number of nitrogens with two attached hydrogens (primary N) is 1. The highest BCUT2D eigenvalue weighted by Crippen LogP contribution is 2.30. The van der Waals surface area contributed by atoms with Crippen molar-refractivity contribution in [2.45, 2.75) is 6.43 Å². The van der Waals surface area contributed by atoms with Gasteiger partial charge in [0, 0.05) is 9.77 Å². The third kappa shape index (κ3) is 1.85. The summed E-state index contributed by atoms with van der Waals surface area (Å²) in [5.41, 5.74) is 4.62. The van der Waals surface area contributed by atoms with Crippen LogP contribution in [0.5, 0.6) is 0 Å². The number of alkyl halides is 2. The van der Waals surface area contributed by atoms with Crippen molar-refractivity contribution in [2.24, 2.45) is 0 Å². The molecule has 0 saturated carbocycles. The molecule has 1 aromatic heterocycles. The monoisotopic (exact) mass is 295 g/mol. The van der Waals surface area contributed by atoms with Crippen LogP contribution in [0, 0.1) is 14.9 Å². The first-order chi connectivity index (χ1) is 6.07. The predicted molar refractivity (Wildman–Crippen MR) is 51.0 cm³/mol. The summed E-state index contributed by atoms with van der Waals surface area (Å²) < 4.78 is 25.0. The van der Waals surface area contributed by atoms with Gasteiger partial charge in [0.2, 0.25) is 0 Å². The molecule has 0 saturated heterocycles. The molecule has 0 aliphatic carbocycles. The Labute approximate surface area is 86.7 Å². The zero-order chi connectivity index (χ0) is 10.0. The van der Waals surface area contributed by atoms with E-state index in [0.29, 0.717) is 0 Å². The van der Waals surface area contributed by atoms with Crippen LogP contribution in [0.25, 0.3) is 0 Å². The highest BCUT2D eigenvalue weighted by Gasteiger charge is 2.18. The maximum atomic E-state index is 12.4. The molecule has 1 heterocycles. The molecule has 0 fully saturated rings. The summed E-state index contributed by atoms with van der Waals surface area (Å²) in [4.78, 5) is 3.61. The van der Waals surface area contributed by atoms with Crippen molar-refractivity contribution in [3.8, 4) is 6.07 Å². The third-order valence-corrected chi connectivity index (χ3v) is 2.29. The van der Waals surface area contributed by atoms with Gasteiger partial charge in [0.1, 0.15) is 6.07 Å². The van der Waals surface area contributed by atoms with Gasteiger partial charge in [0.25, 0.3) is 6.43 Å². The molecule has 0 aromatic carbocycles. The normalized spacial score (nSPS) is 10.1. The number of nitrogens with zero attached hydrogens (tertiary/aromatic N) is 2. The Kier molecular flexibility index (Phi) is 2.98. The number of nitrogen functional groups attached to an aromatic ring is 1. The number of pyridine rings is 1. The zero-order valence-electron chi connectivity index (χ0n) is 6.26. The van der Waals surface area contributed by atoms with Crippen molar-refractivity contribution in [1.29, 1.82) is 5.26 Å². The van der Waals surface area contributed by atoms with Crippen molar-refractivity contribution < 1.29 is 8.78 Å². The van der Waals surface area contributed by atoms with E-state index in [9.17, 15) is 8.78 Å². The lowest BCUT2D eigenvalue weighted by molar-refractivity contribution is 0.151. The van der Waals surface area contributed by atoms with E-state index >= 15 is 0 Å². The van der Waals surface area contributed by atoms with Gasteiger partial charge in [-0.05, 0) is 22.6 Å². The number of aromatic nitrogens is 1. The van der Waals surface area contributed by atoms with Crippen LogP contribution in [0.3, 0.4) is 0 Å². The molecule has 68 valence electrons. The minimum Gasteiger partial charge on any atom is -0.396 e. The molecule has 0 bridgehead atoms. The van der Waals surface area contributed by atoms with Gasteiger partial charge >= 0.3 is 0 Å². The lowest BCUT2D eigenvalue weighted by Crippen LogP contribution is -2.03. The predicted octanol–water partition coefficient (Wildman–Crippen LogP) is 2.08. The van der Waals surface area contributed by atoms with Crippen LogP contribution in [-0.2, 0) is 0 Å². The van der Waals surface area contributed by atoms with E-state index in [2.05, 4.69) is 4.98 Å². The minimum atomic E-state index is -2.68. The zero-order valence-corrected chi connectivity index (χ0v) is 8.42. The van der Waals surface area contributed by atoms with Crippen LogP contribution in [0.4, 0.5) is 14.5 Å². The van der Waals surface area contributed by atoms with E-state index in [0.717, 1.165) is 0 Å². The quantitative estimate of drug-likeness (QED) is 0.807. The Morgan fingerprint density at radius 2 is 2.23 bits per heavy atom. The summed E-state index contributed by atoms with van der Waals surface area (Å²) in [5, 5.41) is 8.48. The van der Waals surface area contributed by atoms with Crippen LogP contribution in [0.2, 0.25) is 0 Å². The van der Waals surface area contributed by atoms with E-state index in [-0.39, 0.29) is 20.5 Å². The van der Waals surface area contributed by atoms with Crippen molar-refractivity contribution >= 4 is 28.3 Å². The van der Waals surface area contributed by atoms with Crippen LogP contribution in [0.15, 0.2) is 6.20 Å². The van der Waals surface area contributed by atoms with Gasteiger partial charge in [0.05, 0.1) is 11.3 Å². The Balaban J connectivity index is 3.41. The lowest BCUT2D eigenvalue weighted by Gasteiger charge is -2.06. The largest absolute Gasteiger partial charge is 0.396 e. The van der Waals surface area contributed by atoms with Gasteiger partial charge < -0.3 is 5.73 Å². The van der Waals surface area contributed by atoms with E-state index in [4.69, 9.17) is 11.0 Å². The van der Waals surface area contributed by atoms with Crippen molar-refractivity contribution in [3.05, 3.63) is 21.0 Å². The molecular formula is C7H4F2IN3. The van der Waals surface area contributed by atoms with Gasteiger partial charge in [-0.1, -0.05) is 0 Å². The minimum absolute atomic E-state index is 0.157. The molecule has 6 heteroatoms. The first-order valence-corrected chi connectivity index (χ1v) is 4.28. The van der Waals surface area contributed by atoms with E-state index in [1.807, 2.05) is 0 Å². The van der Waals surface area contributed by atoms with Crippen LogP contribution >= 0.6 is 22.6 Å².